The van der Waals surface area contributed by atoms with E-state index in [1.54, 1.807) is 12.3 Å². The van der Waals surface area contributed by atoms with Crippen molar-refractivity contribution in [2.45, 2.75) is 46.6 Å². The Bertz CT molecular complexity index is 1220. The number of halogens is 3. The molecule has 0 fully saturated rings. The summed E-state index contributed by atoms with van der Waals surface area (Å²) in [6.07, 6.45) is 3.09. The molecule has 0 aliphatic carbocycles. The average molecular weight is 630 g/mol. The van der Waals surface area contributed by atoms with Crippen molar-refractivity contribution in [2.24, 2.45) is 5.10 Å². The van der Waals surface area contributed by atoms with E-state index in [2.05, 4.69) is 64.8 Å². The van der Waals surface area contributed by atoms with E-state index in [0.29, 0.717) is 41.3 Å². The smallest absolute Gasteiger partial charge is 0.282 e. The molecular weight excluding hydrogens is 606 g/mol. The number of aryl methyl sites for hydroxylation is 1. The van der Waals surface area contributed by atoms with Crippen molar-refractivity contribution in [2.75, 3.05) is 6.61 Å². The van der Waals surface area contributed by atoms with E-state index in [1.165, 1.54) is 4.68 Å². The molecule has 3 aromatic rings. The second-order valence-electron chi connectivity index (χ2n) is 7.10. The second kappa shape index (κ2) is 10.9. The number of fused-ring (bicyclic) bond motifs is 1. The summed E-state index contributed by atoms with van der Waals surface area (Å²) in [6, 6.07) is 7.30. The Morgan fingerprint density at radius 2 is 1.91 bits per heavy atom. The zero-order valence-electron chi connectivity index (χ0n) is 18.3. The van der Waals surface area contributed by atoms with Gasteiger partial charge >= 0.3 is 0 Å². The van der Waals surface area contributed by atoms with Crippen LogP contribution in [-0.4, -0.2) is 28.6 Å². The molecular formula is C23H24Br3N3O3. The molecule has 2 aromatic carbocycles. The lowest BCUT2D eigenvalue weighted by Gasteiger charge is -2.19. The molecule has 0 bridgehead atoms. The van der Waals surface area contributed by atoms with Gasteiger partial charge in [-0.15, -0.1) is 0 Å². The van der Waals surface area contributed by atoms with E-state index in [0.717, 1.165) is 25.4 Å². The van der Waals surface area contributed by atoms with E-state index < -0.39 is 0 Å². The van der Waals surface area contributed by atoms with Gasteiger partial charge in [0.15, 0.2) is 11.5 Å². The van der Waals surface area contributed by atoms with Gasteiger partial charge < -0.3 is 9.47 Å². The molecule has 0 radical (unpaired) electrons. The highest BCUT2D eigenvalue weighted by Gasteiger charge is 2.19. The summed E-state index contributed by atoms with van der Waals surface area (Å²) in [5.74, 6) is 1.82. The molecule has 1 aromatic heterocycles. The summed E-state index contributed by atoms with van der Waals surface area (Å²) >= 11 is 10.7. The maximum absolute atomic E-state index is 13.1. The van der Waals surface area contributed by atoms with Gasteiger partial charge in [-0.3, -0.25) is 4.79 Å². The zero-order valence-corrected chi connectivity index (χ0v) is 23.0. The lowest BCUT2D eigenvalue weighted by atomic mass is 10.2. The van der Waals surface area contributed by atoms with E-state index in [-0.39, 0.29) is 11.7 Å². The predicted octanol–water partition coefficient (Wildman–Crippen LogP) is 6.70. The van der Waals surface area contributed by atoms with Crippen LogP contribution >= 0.6 is 47.8 Å². The van der Waals surface area contributed by atoms with Gasteiger partial charge in [0.2, 0.25) is 0 Å². The lowest BCUT2D eigenvalue weighted by Crippen LogP contribution is -2.22. The Kier molecular flexibility index (Phi) is 8.52. The highest BCUT2D eigenvalue weighted by atomic mass is 79.9. The first-order chi connectivity index (χ1) is 15.3. The predicted molar refractivity (Wildman–Crippen MR) is 139 cm³/mol. The largest absolute Gasteiger partial charge is 0.490 e. The molecule has 0 unspecified atom stereocenters. The van der Waals surface area contributed by atoms with E-state index in [1.807, 2.05) is 39.0 Å². The molecule has 9 heteroatoms. The number of hydrogen-bond acceptors (Lipinski definition) is 5. The molecule has 0 aliphatic heterocycles. The minimum absolute atomic E-state index is 0.0330. The first kappa shape index (κ1) is 24.9. The SMILES string of the molecule is CCOc1cc(C=Nn2c(CC)nc3ccc(Br)cc3c2=O)c(Br)c(Br)c1O[C@H](C)CC. The van der Waals surface area contributed by atoms with Crippen LogP contribution in [0.15, 0.2) is 47.6 Å². The lowest BCUT2D eigenvalue weighted by molar-refractivity contribution is 0.201. The van der Waals surface area contributed by atoms with Crippen LogP contribution in [0.1, 0.15) is 45.5 Å². The number of nitrogens with zero attached hydrogens (tertiary/aromatic N) is 3. The fourth-order valence-electron chi connectivity index (χ4n) is 3.02. The van der Waals surface area contributed by atoms with Crippen LogP contribution in [0.2, 0.25) is 0 Å². The van der Waals surface area contributed by atoms with Crippen molar-refractivity contribution < 1.29 is 9.47 Å². The standard InChI is InChI=1S/C23H24Br3N3O3/c1-5-13(4)32-22-18(31-7-3)10-14(20(25)21(22)26)12-27-29-19(6-2)28-17-9-8-15(24)11-16(17)23(29)30/h8-13H,5-7H2,1-4H3/t13-/m1/s1. The van der Waals surface area contributed by atoms with Gasteiger partial charge in [0, 0.05) is 20.9 Å². The maximum atomic E-state index is 13.1. The summed E-state index contributed by atoms with van der Waals surface area (Å²) in [5.41, 5.74) is 1.16. The quantitative estimate of drug-likeness (QED) is 0.260. The van der Waals surface area contributed by atoms with Crippen molar-refractivity contribution in [1.82, 2.24) is 9.66 Å². The summed E-state index contributed by atoms with van der Waals surface area (Å²) in [5, 5.41) is 4.99. The Morgan fingerprint density at radius 3 is 2.56 bits per heavy atom. The van der Waals surface area contributed by atoms with Gasteiger partial charge in [-0.1, -0.05) is 29.8 Å². The molecule has 0 spiro atoms. The van der Waals surface area contributed by atoms with Gasteiger partial charge in [-0.2, -0.15) is 9.78 Å². The zero-order chi connectivity index (χ0) is 23.4. The van der Waals surface area contributed by atoms with Crippen LogP contribution in [0, 0.1) is 0 Å². The first-order valence-electron chi connectivity index (χ1n) is 10.4. The molecule has 0 saturated heterocycles. The molecule has 0 N–H and O–H groups in total. The summed E-state index contributed by atoms with van der Waals surface area (Å²) in [7, 11) is 0. The molecule has 1 atom stereocenters. The van der Waals surface area contributed by atoms with E-state index in [4.69, 9.17) is 9.47 Å². The normalized spacial score (nSPS) is 12.5. The molecule has 3 rings (SSSR count). The maximum Gasteiger partial charge on any atom is 0.282 e. The van der Waals surface area contributed by atoms with Crippen molar-refractivity contribution in [1.29, 1.82) is 0 Å². The molecule has 32 heavy (non-hydrogen) atoms. The van der Waals surface area contributed by atoms with Crippen molar-refractivity contribution in [3.05, 3.63) is 59.4 Å². The van der Waals surface area contributed by atoms with Gasteiger partial charge in [0.25, 0.3) is 5.56 Å². The highest BCUT2D eigenvalue weighted by Crippen LogP contribution is 2.43. The van der Waals surface area contributed by atoms with Crippen LogP contribution < -0.4 is 15.0 Å². The summed E-state index contributed by atoms with van der Waals surface area (Å²) in [6.45, 7) is 8.43. The topological polar surface area (TPSA) is 65.7 Å². The van der Waals surface area contributed by atoms with Crippen molar-refractivity contribution in [3.8, 4) is 11.5 Å². The minimum Gasteiger partial charge on any atom is -0.490 e. The van der Waals surface area contributed by atoms with Crippen molar-refractivity contribution >= 4 is 64.9 Å². The Morgan fingerprint density at radius 1 is 1.16 bits per heavy atom. The average Bonchev–Trinajstić information content (AvgIpc) is 2.78. The van der Waals surface area contributed by atoms with Crippen LogP contribution in [0.25, 0.3) is 10.9 Å². The number of aromatic nitrogens is 2. The Balaban J connectivity index is 2.12. The number of ether oxygens (including phenoxy) is 2. The van der Waals surface area contributed by atoms with Crippen LogP contribution in [-0.2, 0) is 6.42 Å². The number of hydrogen-bond donors (Lipinski definition) is 0. The molecule has 0 amide bonds. The highest BCUT2D eigenvalue weighted by molar-refractivity contribution is 9.13. The summed E-state index contributed by atoms with van der Waals surface area (Å²) in [4.78, 5) is 17.7. The molecule has 170 valence electrons. The third-order valence-corrected chi connectivity index (χ3v) is 7.49. The fraction of sp³-hybridized carbons (Fsp3) is 0.348. The number of rotatable bonds is 8. The van der Waals surface area contributed by atoms with Crippen LogP contribution in [0.5, 0.6) is 11.5 Å². The monoisotopic (exact) mass is 627 g/mol. The van der Waals surface area contributed by atoms with Crippen LogP contribution in [0.4, 0.5) is 0 Å². The van der Waals surface area contributed by atoms with E-state index >= 15 is 0 Å². The Hall–Kier alpha value is -1.71. The Labute approximate surface area is 212 Å². The van der Waals surface area contributed by atoms with Gasteiger partial charge in [0.1, 0.15) is 5.82 Å². The second-order valence-corrected chi connectivity index (χ2v) is 9.60. The molecule has 6 nitrogen and oxygen atoms in total. The van der Waals surface area contributed by atoms with Gasteiger partial charge in [0.05, 0.1) is 34.3 Å². The third-order valence-electron chi connectivity index (χ3n) is 4.85. The van der Waals surface area contributed by atoms with Gasteiger partial charge in [-0.25, -0.2) is 4.98 Å². The van der Waals surface area contributed by atoms with Crippen LogP contribution in [0.3, 0.4) is 0 Å². The first-order valence-corrected chi connectivity index (χ1v) is 12.7. The molecule has 0 aliphatic rings. The molecule has 0 saturated carbocycles. The third kappa shape index (κ3) is 5.26. The fourth-order valence-corrected chi connectivity index (χ4v) is 4.29. The minimum atomic E-state index is -0.221. The van der Waals surface area contributed by atoms with Gasteiger partial charge in [-0.05, 0) is 76.4 Å². The van der Waals surface area contributed by atoms with E-state index in [9.17, 15) is 4.79 Å². The summed E-state index contributed by atoms with van der Waals surface area (Å²) < 4.78 is 15.5. The number of benzene rings is 2. The van der Waals surface area contributed by atoms with Crippen molar-refractivity contribution in [3.63, 3.8) is 0 Å². The molecule has 1 heterocycles.